The van der Waals surface area contributed by atoms with Crippen molar-refractivity contribution >= 4 is 24.8 Å². The standard InChI is InChI=1S/C22H38N5O7P/c1-7-14(8-2)32-18-16(11-31-35(28,30-6)34-15(9-3)10-4)33-22(19(18)29-5)27-13-26-17-20(23)24-12-25-21(17)27/h12-16,18-19,22H,7-11H2,1-6H3,(H2,23,24,25). The van der Waals surface area contributed by atoms with Crippen molar-refractivity contribution in [2.75, 3.05) is 26.6 Å². The highest BCUT2D eigenvalue weighted by Crippen LogP contribution is 2.51. The molecule has 5 unspecified atom stereocenters. The number of aromatic nitrogens is 4. The van der Waals surface area contributed by atoms with Crippen molar-refractivity contribution in [1.29, 1.82) is 0 Å². The molecule has 198 valence electrons. The number of nitrogens with zero attached hydrogens (tertiary/aromatic N) is 4. The molecule has 0 saturated carbocycles. The Balaban J connectivity index is 1.89. The van der Waals surface area contributed by atoms with Crippen molar-refractivity contribution < 1.29 is 32.3 Å². The second-order valence-electron chi connectivity index (χ2n) is 8.36. The summed E-state index contributed by atoms with van der Waals surface area (Å²) in [4.78, 5) is 12.7. The predicted molar refractivity (Wildman–Crippen MR) is 130 cm³/mol. The Hall–Kier alpha value is -1.66. The van der Waals surface area contributed by atoms with Gasteiger partial charge >= 0.3 is 7.82 Å². The fraction of sp³-hybridized carbons (Fsp3) is 0.773. The molecular formula is C22H38N5O7P. The van der Waals surface area contributed by atoms with Crippen LogP contribution < -0.4 is 5.73 Å². The van der Waals surface area contributed by atoms with Gasteiger partial charge in [-0.05, 0) is 25.7 Å². The second kappa shape index (κ2) is 12.5. The van der Waals surface area contributed by atoms with E-state index in [9.17, 15) is 4.57 Å². The van der Waals surface area contributed by atoms with Crippen LogP contribution in [-0.2, 0) is 32.3 Å². The summed E-state index contributed by atoms with van der Waals surface area (Å²) < 4.78 is 50.1. The van der Waals surface area contributed by atoms with Gasteiger partial charge in [0.1, 0.15) is 30.2 Å². The van der Waals surface area contributed by atoms with Gasteiger partial charge in [0.2, 0.25) is 0 Å². The fourth-order valence-corrected chi connectivity index (χ4v) is 5.40. The van der Waals surface area contributed by atoms with Gasteiger partial charge in [0, 0.05) is 14.2 Å². The number of hydrogen-bond donors (Lipinski definition) is 1. The van der Waals surface area contributed by atoms with Gasteiger partial charge < -0.3 is 19.9 Å². The smallest absolute Gasteiger partial charge is 0.382 e. The first-order chi connectivity index (χ1) is 16.8. The predicted octanol–water partition coefficient (Wildman–Crippen LogP) is 3.87. The van der Waals surface area contributed by atoms with Gasteiger partial charge in [-0.15, -0.1) is 0 Å². The Labute approximate surface area is 206 Å². The van der Waals surface area contributed by atoms with E-state index in [2.05, 4.69) is 28.8 Å². The highest BCUT2D eigenvalue weighted by molar-refractivity contribution is 7.48. The van der Waals surface area contributed by atoms with Gasteiger partial charge in [-0.3, -0.25) is 18.1 Å². The zero-order chi connectivity index (χ0) is 25.6. The first-order valence-electron chi connectivity index (χ1n) is 12.1. The van der Waals surface area contributed by atoms with Crippen LogP contribution in [0.15, 0.2) is 12.7 Å². The molecule has 0 amide bonds. The Kier molecular flexibility index (Phi) is 10.00. The van der Waals surface area contributed by atoms with Gasteiger partial charge in [-0.1, -0.05) is 27.7 Å². The Morgan fingerprint density at radius 3 is 2.34 bits per heavy atom. The van der Waals surface area contributed by atoms with E-state index >= 15 is 0 Å². The van der Waals surface area contributed by atoms with Crippen molar-refractivity contribution in [2.45, 2.75) is 90.1 Å². The molecule has 1 fully saturated rings. The molecule has 12 nitrogen and oxygen atoms in total. The van der Waals surface area contributed by atoms with Gasteiger partial charge in [-0.2, -0.15) is 0 Å². The second-order valence-corrected chi connectivity index (χ2v) is 10.1. The highest BCUT2D eigenvalue weighted by Gasteiger charge is 2.49. The van der Waals surface area contributed by atoms with Gasteiger partial charge in [-0.25, -0.2) is 19.5 Å². The van der Waals surface area contributed by atoms with Gasteiger partial charge in [0.15, 0.2) is 17.7 Å². The molecule has 1 aliphatic rings. The maximum Gasteiger partial charge on any atom is 0.474 e. The quantitative estimate of drug-likeness (QED) is 0.366. The normalized spacial score (nSPS) is 24.6. The first kappa shape index (κ1) is 27.9. The fourth-order valence-electron chi connectivity index (χ4n) is 4.15. The van der Waals surface area contributed by atoms with E-state index in [0.29, 0.717) is 24.0 Å². The Morgan fingerprint density at radius 2 is 1.74 bits per heavy atom. The van der Waals surface area contributed by atoms with Crippen LogP contribution in [0.5, 0.6) is 0 Å². The van der Waals surface area contributed by atoms with Crippen LogP contribution in [0, 0.1) is 0 Å². The van der Waals surface area contributed by atoms with Crippen molar-refractivity contribution in [3.05, 3.63) is 12.7 Å². The van der Waals surface area contributed by atoms with Crippen LogP contribution >= 0.6 is 7.82 Å². The zero-order valence-electron chi connectivity index (χ0n) is 21.3. The number of rotatable bonds is 14. The molecule has 0 bridgehead atoms. The van der Waals surface area contributed by atoms with Crippen LogP contribution in [0.3, 0.4) is 0 Å². The molecule has 0 aromatic carbocycles. The number of hydrogen-bond acceptors (Lipinski definition) is 11. The van der Waals surface area contributed by atoms with Crippen LogP contribution in [-0.4, -0.2) is 70.9 Å². The topological polar surface area (TPSA) is 142 Å². The van der Waals surface area contributed by atoms with Crippen LogP contribution in [0.4, 0.5) is 5.82 Å². The van der Waals surface area contributed by atoms with E-state index in [1.807, 2.05) is 13.8 Å². The molecule has 1 aliphatic heterocycles. The van der Waals surface area contributed by atoms with E-state index in [4.69, 9.17) is 33.5 Å². The minimum absolute atomic E-state index is 0.0185. The van der Waals surface area contributed by atoms with Crippen molar-refractivity contribution in [2.24, 2.45) is 0 Å². The summed E-state index contributed by atoms with van der Waals surface area (Å²) in [5.74, 6) is 0.269. The van der Waals surface area contributed by atoms with Crippen LogP contribution in [0.1, 0.15) is 59.6 Å². The molecule has 2 N–H and O–H groups in total. The Morgan fingerprint density at radius 1 is 1.06 bits per heavy atom. The number of imidazole rings is 1. The minimum atomic E-state index is -3.80. The monoisotopic (exact) mass is 515 g/mol. The van der Waals surface area contributed by atoms with Crippen molar-refractivity contribution in [3.63, 3.8) is 0 Å². The third kappa shape index (κ3) is 6.19. The number of anilines is 1. The number of ether oxygens (including phenoxy) is 3. The van der Waals surface area contributed by atoms with Crippen LogP contribution in [0.2, 0.25) is 0 Å². The van der Waals surface area contributed by atoms with E-state index in [1.54, 1.807) is 18.0 Å². The lowest BCUT2D eigenvalue weighted by Gasteiger charge is -2.28. The molecule has 2 aromatic rings. The summed E-state index contributed by atoms with van der Waals surface area (Å²) >= 11 is 0. The van der Waals surface area contributed by atoms with Crippen LogP contribution in [0.25, 0.3) is 11.2 Å². The third-order valence-electron chi connectivity index (χ3n) is 6.29. The Bertz CT molecular complexity index is 984. The number of nitrogens with two attached hydrogens (primary N) is 1. The van der Waals surface area contributed by atoms with Crippen molar-refractivity contribution in [3.8, 4) is 0 Å². The maximum atomic E-state index is 13.1. The summed E-state index contributed by atoms with van der Waals surface area (Å²) in [6.07, 6.45) is 3.35. The summed E-state index contributed by atoms with van der Waals surface area (Å²) in [5.41, 5.74) is 6.93. The average molecular weight is 516 g/mol. The summed E-state index contributed by atoms with van der Waals surface area (Å²) in [5, 5.41) is 0. The first-order valence-corrected chi connectivity index (χ1v) is 13.6. The molecule has 0 radical (unpaired) electrons. The molecule has 0 aliphatic carbocycles. The number of nitrogen functional groups attached to an aromatic ring is 1. The molecule has 3 rings (SSSR count). The van der Waals surface area contributed by atoms with Gasteiger partial charge in [0.25, 0.3) is 0 Å². The van der Waals surface area contributed by atoms with E-state index in [1.165, 1.54) is 13.4 Å². The largest absolute Gasteiger partial charge is 0.474 e. The minimum Gasteiger partial charge on any atom is -0.382 e. The molecular weight excluding hydrogens is 477 g/mol. The number of fused-ring (bicyclic) bond motifs is 1. The molecule has 1 saturated heterocycles. The summed E-state index contributed by atoms with van der Waals surface area (Å²) in [6.45, 7) is 7.93. The molecule has 3 heterocycles. The summed E-state index contributed by atoms with van der Waals surface area (Å²) in [7, 11) is -0.908. The number of phosphoric acid groups is 1. The molecule has 35 heavy (non-hydrogen) atoms. The lowest BCUT2D eigenvalue weighted by atomic mass is 10.1. The molecule has 0 spiro atoms. The van der Waals surface area contributed by atoms with E-state index < -0.39 is 32.4 Å². The van der Waals surface area contributed by atoms with Crippen molar-refractivity contribution in [1.82, 2.24) is 19.5 Å². The average Bonchev–Trinajstić information content (AvgIpc) is 3.46. The maximum absolute atomic E-state index is 13.1. The summed E-state index contributed by atoms with van der Waals surface area (Å²) in [6, 6.07) is 0. The van der Waals surface area contributed by atoms with Gasteiger partial charge in [0.05, 0.1) is 25.1 Å². The van der Waals surface area contributed by atoms with E-state index in [-0.39, 0.29) is 24.6 Å². The lowest BCUT2D eigenvalue weighted by molar-refractivity contribution is -0.0970. The SMILES string of the molecule is CCC(CC)OC1C(COP(=O)(OC)OC(CC)CC)OC(n2cnc3c(N)ncnc32)C1OC. The zero-order valence-corrected chi connectivity index (χ0v) is 22.2. The number of methoxy groups -OCH3 is 1. The number of phosphoric ester groups is 1. The molecule has 13 heteroatoms. The highest BCUT2D eigenvalue weighted by atomic mass is 31.2. The third-order valence-corrected chi connectivity index (χ3v) is 7.76. The van der Waals surface area contributed by atoms with E-state index in [0.717, 1.165) is 12.8 Å². The molecule has 2 aromatic heterocycles. The molecule has 5 atom stereocenters. The lowest BCUT2D eigenvalue weighted by Crippen LogP contribution is -2.40.